The van der Waals surface area contributed by atoms with E-state index in [0.29, 0.717) is 16.1 Å². The smallest absolute Gasteiger partial charge is 0.131 e. The molecule has 2 aromatic carbocycles. The van der Waals surface area contributed by atoms with Gasteiger partial charge in [0.15, 0.2) is 0 Å². The van der Waals surface area contributed by atoms with Gasteiger partial charge in [-0.25, -0.2) is 8.78 Å². The highest BCUT2D eigenvalue weighted by Crippen LogP contribution is 2.37. The standard InChI is InChI=1S/C14H9BrCl2F2/c1-7-4-10(13(19)6-12(7)18)14(17)9-5-8(16)2-3-11(9)15/h2-6,14H,1H3. The summed E-state index contributed by atoms with van der Waals surface area (Å²) in [5.74, 6) is -1.26. The Labute approximate surface area is 128 Å². The van der Waals surface area contributed by atoms with Crippen LogP contribution in [0.15, 0.2) is 34.8 Å². The van der Waals surface area contributed by atoms with E-state index in [-0.39, 0.29) is 5.56 Å². The molecule has 0 bridgehead atoms. The topological polar surface area (TPSA) is 0 Å². The maximum Gasteiger partial charge on any atom is 0.131 e. The Kier molecular flexibility index (Phi) is 4.49. The Morgan fingerprint density at radius 3 is 2.42 bits per heavy atom. The quantitative estimate of drug-likeness (QED) is 0.571. The monoisotopic (exact) mass is 364 g/mol. The van der Waals surface area contributed by atoms with E-state index in [1.54, 1.807) is 25.1 Å². The van der Waals surface area contributed by atoms with Gasteiger partial charge in [0.25, 0.3) is 0 Å². The molecule has 0 saturated heterocycles. The molecule has 0 aliphatic heterocycles. The number of hydrogen-bond acceptors (Lipinski definition) is 0. The fourth-order valence-corrected chi connectivity index (χ4v) is 2.89. The van der Waals surface area contributed by atoms with Gasteiger partial charge in [0, 0.05) is 21.1 Å². The van der Waals surface area contributed by atoms with Gasteiger partial charge in [-0.05, 0) is 42.3 Å². The SMILES string of the molecule is Cc1cc(C(Cl)c2cc(Cl)ccc2Br)c(F)cc1F. The van der Waals surface area contributed by atoms with E-state index in [4.69, 9.17) is 23.2 Å². The second-order valence-corrected chi connectivity index (χ2v) is 5.88. The number of alkyl halides is 1. The molecule has 0 fully saturated rings. The van der Waals surface area contributed by atoms with Crippen LogP contribution in [-0.4, -0.2) is 0 Å². The molecule has 0 nitrogen and oxygen atoms in total. The summed E-state index contributed by atoms with van der Waals surface area (Å²) in [6.45, 7) is 1.56. The fraction of sp³-hybridized carbons (Fsp3) is 0.143. The first-order valence-electron chi connectivity index (χ1n) is 5.44. The van der Waals surface area contributed by atoms with E-state index in [1.165, 1.54) is 6.07 Å². The highest BCUT2D eigenvalue weighted by atomic mass is 79.9. The van der Waals surface area contributed by atoms with E-state index < -0.39 is 17.0 Å². The normalized spacial score (nSPS) is 12.5. The van der Waals surface area contributed by atoms with Crippen molar-refractivity contribution in [3.63, 3.8) is 0 Å². The summed E-state index contributed by atoms with van der Waals surface area (Å²) < 4.78 is 27.8. The maximum atomic E-state index is 13.8. The summed E-state index contributed by atoms with van der Waals surface area (Å²) in [7, 11) is 0. The van der Waals surface area contributed by atoms with E-state index in [2.05, 4.69) is 15.9 Å². The van der Waals surface area contributed by atoms with Crippen molar-refractivity contribution in [2.24, 2.45) is 0 Å². The van der Waals surface area contributed by atoms with Gasteiger partial charge in [-0.1, -0.05) is 27.5 Å². The molecule has 2 aromatic rings. The molecular formula is C14H9BrCl2F2. The molecule has 0 aliphatic carbocycles. The molecule has 100 valence electrons. The predicted octanol–water partition coefficient (Wildman–Crippen LogP) is 6.02. The van der Waals surface area contributed by atoms with Gasteiger partial charge in [0.2, 0.25) is 0 Å². The lowest BCUT2D eigenvalue weighted by molar-refractivity contribution is 0.568. The van der Waals surface area contributed by atoms with Gasteiger partial charge in [-0.15, -0.1) is 11.6 Å². The van der Waals surface area contributed by atoms with Crippen molar-refractivity contribution in [2.45, 2.75) is 12.3 Å². The summed E-state index contributed by atoms with van der Waals surface area (Å²) in [5, 5.41) is -0.240. The minimum Gasteiger partial charge on any atom is -0.207 e. The summed E-state index contributed by atoms with van der Waals surface area (Å²) in [6, 6.07) is 7.35. The van der Waals surface area contributed by atoms with Crippen LogP contribution in [0, 0.1) is 18.6 Å². The van der Waals surface area contributed by atoms with E-state index in [1.807, 2.05) is 0 Å². The molecule has 0 aromatic heterocycles. The van der Waals surface area contributed by atoms with Gasteiger partial charge in [-0.2, -0.15) is 0 Å². The van der Waals surface area contributed by atoms with Crippen molar-refractivity contribution >= 4 is 39.1 Å². The van der Waals surface area contributed by atoms with E-state index in [0.717, 1.165) is 10.5 Å². The van der Waals surface area contributed by atoms with Gasteiger partial charge in [0.1, 0.15) is 11.6 Å². The zero-order valence-corrected chi connectivity index (χ0v) is 13.0. The average Bonchev–Trinajstić information content (AvgIpc) is 2.36. The molecule has 0 amide bonds. The lowest BCUT2D eigenvalue weighted by Gasteiger charge is -2.14. The van der Waals surface area contributed by atoms with Gasteiger partial charge in [0.05, 0.1) is 5.38 Å². The Morgan fingerprint density at radius 2 is 1.74 bits per heavy atom. The molecule has 0 heterocycles. The zero-order valence-electron chi connectivity index (χ0n) is 9.85. The van der Waals surface area contributed by atoms with Crippen LogP contribution in [0.1, 0.15) is 22.1 Å². The molecule has 19 heavy (non-hydrogen) atoms. The lowest BCUT2D eigenvalue weighted by Crippen LogP contribution is -2.00. The van der Waals surface area contributed by atoms with E-state index in [9.17, 15) is 8.78 Å². The highest BCUT2D eigenvalue weighted by Gasteiger charge is 2.19. The Balaban J connectivity index is 2.52. The highest BCUT2D eigenvalue weighted by molar-refractivity contribution is 9.10. The van der Waals surface area contributed by atoms with Crippen molar-refractivity contribution in [3.05, 3.63) is 68.2 Å². The minimum absolute atomic E-state index is 0.225. The number of halogens is 5. The maximum absolute atomic E-state index is 13.8. The second-order valence-electron chi connectivity index (χ2n) is 4.15. The van der Waals surface area contributed by atoms with E-state index >= 15 is 0 Å². The third-order valence-corrected chi connectivity index (χ3v) is 4.21. The molecule has 1 atom stereocenters. The van der Waals surface area contributed by atoms with Gasteiger partial charge in [-0.3, -0.25) is 0 Å². The molecule has 1 unspecified atom stereocenters. The van der Waals surface area contributed by atoms with Crippen LogP contribution in [0.2, 0.25) is 5.02 Å². The molecule has 5 heteroatoms. The van der Waals surface area contributed by atoms with Gasteiger partial charge >= 0.3 is 0 Å². The number of aryl methyl sites for hydroxylation is 1. The van der Waals surface area contributed by atoms with Crippen molar-refractivity contribution in [1.29, 1.82) is 0 Å². The molecule has 0 N–H and O–H groups in total. The Hall–Kier alpha value is -0.640. The molecule has 0 radical (unpaired) electrons. The third-order valence-electron chi connectivity index (χ3n) is 2.78. The largest absolute Gasteiger partial charge is 0.207 e. The van der Waals surface area contributed by atoms with Crippen molar-refractivity contribution < 1.29 is 8.78 Å². The predicted molar refractivity (Wildman–Crippen MR) is 77.9 cm³/mol. The van der Waals surface area contributed by atoms with Crippen LogP contribution >= 0.6 is 39.1 Å². The number of rotatable bonds is 2. The van der Waals surface area contributed by atoms with Gasteiger partial charge < -0.3 is 0 Å². The first-order chi connectivity index (χ1) is 8.90. The van der Waals surface area contributed by atoms with Crippen molar-refractivity contribution in [2.75, 3.05) is 0 Å². The Morgan fingerprint density at radius 1 is 1.05 bits per heavy atom. The van der Waals surface area contributed by atoms with Crippen LogP contribution in [0.25, 0.3) is 0 Å². The summed E-state index contributed by atoms with van der Waals surface area (Å²) in [5.41, 5.74) is 1.21. The molecule has 2 rings (SSSR count). The van der Waals surface area contributed by atoms with Crippen LogP contribution in [0.5, 0.6) is 0 Å². The van der Waals surface area contributed by atoms with Crippen LogP contribution in [0.4, 0.5) is 8.78 Å². The summed E-state index contributed by atoms with van der Waals surface area (Å²) in [6.07, 6.45) is 0. The summed E-state index contributed by atoms with van der Waals surface area (Å²) >= 11 is 15.5. The number of hydrogen-bond donors (Lipinski definition) is 0. The Bertz CT molecular complexity index is 629. The molecule has 0 saturated carbocycles. The summed E-state index contributed by atoms with van der Waals surface area (Å²) in [4.78, 5) is 0. The number of benzene rings is 2. The average molecular weight is 366 g/mol. The first-order valence-corrected chi connectivity index (χ1v) is 7.05. The van der Waals surface area contributed by atoms with Crippen LogP contribution in [0.3, 0.4) is 0 Å². The minimum atomic E-state index is -0.743. The van der Waals surface area contributed by atoms with Crippen LogP contribution < -0.4 is 0 Å². The lowest BCUT2D eigenvalue weighted by atomic mass is 10.0. The third kappa shape index (κ3) is 3.10. The van der Waals surface area contributed by atoms with Crippen molar-refractivity contribution in [3.8, 4) is 0 Å². The zero-order chi connectivity index (χ0) is 14.2. The van der Waals surface area contributed by atoms with Crippen molar-refractivity contribution in [1.82, 2.24) is 0 Å². The fourth-order valence-electron chi connectivity index (χ4n) is 1.75. The molecular weight excluding hydrogens is 357 g/mol. The second kappa shape index (κ2) is 5.78. The molecule has 0 spiro atoms. The van der Waals surface area contributed by atoms with Crippen LogP contribution in [-0.2, 0) is 0 Å². The first kappa shape index (κ1) is 14.8. The molecule has 0 aliphatic rings.